The van der Waals surface area contributed by atoms with Crippen molar-refractivity contribution in [2.24, 2.45) is 4.99 Å². The van der Waals surface area contributed by atoms with E-state index < -0.39 is 0 Å². The molecule has 0 aromatic carbocycles. The lowest BCUT2D eigenvalue weighted by Gasteiger charge is -2.12. The van der Waals surface area contributed by atoms with Crippen molar-refractivity contribution < 1.29 is 0 Å². The number of guanidine groups is 1. The van der Waals surface area contributed by atoms with Crippen molar-refractivity contribution in [1.82, 2.24) is 25.2 Å². The number of aromatic nitrogens is 3. The maximum atomic E-state index is 4.71. The summed E-state index contributed by atoms with van der Waals surface area (Å²) < 4.78 is 2.03. The number of pyridine rings is 1. The van der Waals surface area contributed by atoms with Crippen molar-refractivity contribution >= 4 is 47.3 Å². The Hall–Kier alpha value is -1.03. The van der Waals surface area contributed by atoms with Gasteiger partial charge in [-0.1, -0.05) is 6.07 Å². The monoisotopic (exact) mass is 460 g/mol. The van der Waals surface area contributed by atoms with Gasteiger partial charge < -0.3 is 10.6 Å². The van der Waals surface area contributed by atoms with E-state index in [9.17, 15) is 0 Å². The van der Waals surface area contributed by atoms with E-state index in [-0.39, 0.29) is 24.0 Å². The molecule has 0 bridgehead atoms. The number of hydrogen-bond donors (Lipinski definition) is 2. The lowest BCUT2D eigenvalue weighted by atomic mass is 10.2. The van der Waals surface area contributed by atoms with Gasteiger partial charge in [0.15, 0.2) is 11.6 Å². The molecule has 8 heteroatoms. The molecular formula is C16H25IN6S. The predicted octanol–water partition coefficient (Wildman–Crippen LogP) is 2.34. The second-order valence-electron chi connectivity index (χ2n) is 5.58. The first-order valence-electron chi connectivity index (χ1n) is 8.29. The quantitative estimate of drug-likeness (QED) is 0.394. The lowest BCUT2D eigenvalue weighted by molar-refractivity contribution is 0.746. The lowest BCUT2D eigenvalue weighted by Crippen LogP contribution is -2.38. The summed E-state index contributed by atoms with van der Waals surface area (Å²) in [6.45, 7) is 4.65. The highest BCUT2D eigenvalue weighted by atomic mass is 127. The molecule has 3 rings (SSSR count). The molecule has 3 heterocycles. The van der Waals surface area contributed by atoms with Crippen LogP contribution in [0.1, 0.15) is 25.6 Å². The van der Waals surface area contributed by atoms with Crippen LogP contribution in [0.4, 0.5) is 0 Å². The van der Waals surface area contributed by atoms with Gasteiger partial charge >= 0.3 is 0 Å². The van der Waals surface area contributed by atoms with Gasteiger partial charge in [0.1, 0.15) is 5.82 Å². The Balaban J connectivity index is 0.00000208. The zero-order valence-corrected chi connectivity index (χ0v) is 17.1. The van der Waals surface area contributed by atoms with Crippen LogP contribution in [0.2, 0.25) is 0 Å². The number of thioether (sulfide) groups is 1. The molecule has 6 nitrogen and oxygen atoms in total. The van der Waals surface area contributed by atoms with Crippen LogP contribution in [0.3, 0.4) is 0 Å². The Kier molecular flexibility index (Phi) is 8.10. The van der Waals surface area contributed by atoms with Crippen LogP contribution in [-0.4, -0.2) is 51.2 Å². The molecule has 1 aliphatic heterocycles. The third kappa shape index (κ3) is 5.23. The van der Waals surface area contributed by atoms with Crippen molar-refractivity contribution in [3.8, 4) is 0 Å². The van der Waals surface area contributed by atoms with Crippen LogP contribution in [-0.2, 0) is 6.42 Å². The smallest absolute Gasteiger partial charge is 0.191 e. The average Bonchev–Trinajstić information content (AvgIpc) is 3.22. The van der Waals surface area contributed by atoms with Gasteiger partial charge in [0.05, 0.1) is 6.54 Å². The van der Waals surface area contributed by atoms with Crippen molar-refractivity contribution in [1.29, 1.82) is 0 Å². The zero-order valence-electron chi connectivity index (χ0n) is 13.9. The minimum atomic E-state index is 0. The fourth-order valence-corrected chi connectivity index (χ4v) is 3.86. The van der Waals surface area contributed by atoms with Gasteiger partial charge in [-0.3, -0.25) is 9.39 Å². The molecule has 0 amide bonds. The second-order valence-corrected chi connectivity index (χ2v) is 6.98. The number of rotatable bonds is 6. The van der Waals surface area contributed by atoms with Crippen molar-refractivity contribution in [2.45, 2.75) is 31.4 Å². The van der Waals surface area contributed by atoms with Crippen molar-refractivity contribution in [2.75, 3.05) is 25.4 Å². The highest BCUT2D eigenvalue weighted by Crippen LogP contribution is 2.25. The summed E-state index contributed by atoms with van der Waals surface area (Å²) >= 11 is 2.04. The van der Waals surface area contributed by atoms with Gasteiger partial charge in [0.25, 0.3) is 0 Å². The first kappa shape index (κ1) is 19.3. The average molecular weight is 460 g/mol. The summed E-state index contributed by atoms with van der Waals surface area (Å²) in [5.74, 6) is 3.15. The summed E-state index contributed by atoms with van der Waals surface area (Å²) in [7, 11) is 0. The second kappa shape index (κ2) is 10.1. The molecule has 0 spiro atoms. The fourth-order valence-electron chi connectivity index (χ4n) is 2.68. The Morgan fingerprint density at radius 1 is 1.38 bits per heavy atom. The molecule has 1 unspecified atom stereocenters. The largest absolute Gasteiger partial charge is 0.357 e. The van der Waals surface area contributed by atoms with E-state index in [1.807, 2.05) is 40.6 Å². The topological polar surface area (TPSA) is 66.6 Å². The highest BCUT2D eigenvalue weighted by molar-refractivity contribution is 14.0. The fraction of sp³-hybridized carbons (Fsp3) is 0.562. The van der Waals surface area contributed by atoms with Crippen LogP contribution >= 0.6 is 35.7 Å². The molecule has 0 radical (unpaired) electrons. The van der Waals surface area contributed by atoms with Crippen molar-refractivity contribution in [3.63, 3.8) is 0 Å². The first-order valence-corrected chi connectivity index (χ1v) is 9.34. The number of fused-ring (bicyclic) bond motifs is 1. The van der Waals surface area contributed by atoms with Crippen LogP contribution in [0.25, 0.3) is 5.65 Å². The third-order valence-corrected chi connectivity index (χ3v) is 5.23. The molecule has 132 valence electrons. The van der Waals surface area contributed by atoms with Crippen LogP contribution in [0.15, 0.2) is 29.4 Å². The molecule has 0 saturated carbocycles. The molecule has 0 aliphatic carbocycles. The molecule has 24 heavy (non-hydrogen) atoms. The van der Waals surface area contributed by atoms with E-state index in [1.165, 1.54) is 18.6 Å². The number of nitrogens with zero attached hydrogens (tertiary/aromatic N) is 4. The van der Waals surface area contributed by atoms with Crippen molar-refractivity contribution in [3.05, 3.63) is 30.2 Å². The normalized spacial score (nSPS) is 17.7. The van der Waals surface area contributed by atoms with E-state index in [1.54, 1.807) is 0 Å². The molecule has 2 N–H and O–H groups in total. The minimum absolute atomic E-state index is 0. The SMILES string of the molecule is CCNC(=NCC1CCCS1)NCCc1nnc2ccccn12.I. The molecule has 1 fully saturated rings. The van der Waals surface area contributed by atoms with Gasteiger partial charge in [0, 0.05) is 31.0 Å². The van der Waals surface area contributed by atoms with E-state index >= 15 is 0 Å². The maximum absolute atomic E-state index is 4.71. The van der Waals surface area contributed by atoms with Gasteiger partial charge in [-0.15, -0.1) is 34.2 Å². The molecule has 1 saturated heterocycles. The maximum Gasteiger partial charge on any atom is 0.191 e. The Labute approximate surface area is 164 Å². The summed E-state index contributed by atoms with van der Waals surface area (Å²) in [6, 6.07) is 5.94. The summed E-state index contributed by atoms with van der Waals surface area (Å²) in [6.07, 6.45) is 5.43. The Bertz CT molecular complexity index is 653. The number of halogens is 1. The minimum Gasteiger partial charge on any atom is -0.357 e. The van der Waals surface area contributed by atoms with Gasteiger partial charge in [0.2, 0.25) is 0 Å². The molecular weight excluding hydrogens is 435 g/mol. The van der Waals surface area contributed by atoms with Gasteiger partial charge in [-0.2, -0.15) is 11.8 Å². The Morgan fingerprint density at radius 3 is 3.08 bits per heavy atom. The van der Waals surface area contributed by atoms with E-state index in [0.717, 1.165) is 43.5 Å². The summed E-state index contributed by atoms with van der Waals surface area (Å²) in [4.78, 5) is 4.71. The first-order chi connectivity index (χ1) is 11.4. The van der Waals surface area contributed by atoms with Gasteiger partial charge in [-0.25, -0.2) is 0 Å². The van der Waals surface area contributed by atoms with E-state index in [4.69, 9.17) is 4.99 Å². The highest BCUT2D eigenvalue weighted by Gasteiger charge is 2.15. The van der Waals surface area contributed by atoms with Crippen LogP contribution in [0, 0.1) is 0 Å². The zero-order chi connectivity index (χ0) is 15.9. The predicted molar refractivity (Wildman–Crippen MR) is 112 cm³/mol. The molecule has 2 aromatic rings. The summed E-state index contributed by atoms with van der Waals surface area (Å²) in [5.41, 5.74) is 0.890. The summed E-state index contributed by atoms with van der Waals surface area (Å²) in [5, 5.41) is 15.8. The Morgan fingerprint density at radius 2 is 2.29 bits per heavy atom. The molecule has 2 aromatic heterocycles. The van der Waals surface area contributed by atoms with Crippen LogP contribution in [0.5, 0.6) is 0 Å². The third-order valence-electron chi connectivity index (χ3n) is 3.85. The molecule has 1 aliphatic rings. The number of hydrogen-bond acceptors (Lipinski definition) is 4. The van der Waals surface area contributed by atoms with Gasteiger partial charge in [-0.05, 0) is 37.7 Å². The van der Waals surface area contributed by atoms with Crippen LogP contribution < -0.4 is 10.6 Å². The standard InChI is InChI=1S/C16H24N6S.HI/c1-2-17-16(19-12-13-6-5-11-23-13)18-9-8-15-21-20-14-7-3-4-10-22(14)15;/h3-4,7,10,13H,2,5-6,8-9,11-12H2,1H3,(H2,17,18,19);1H. The number of aliphatic imine (C=N–C) groups is 1. The van der Waals surface area contributed by atoms with E-state index in [2.05, 4.69) is 27.8 Å². The molecule has 1 atom stereocenters. The number of nitrogens with one attached hydrogen (secondary N) is 2. The van der Waals surface area contributed by atoms with E-state index in [0.29, 0.717) is 5.25 Å².